The number of carboxylic acid groups (broad SMARTS) is 1. The van der Waals surface area contributed by atoms with Crippen LogP contribution in [0.15, 0.2) is 35.3 Å². The van der Waals surface area contributed by atoms with Gasteiger partial charge >= 0.3 is 11.9 Å². The lowest BCUT2D eigenvalue weighted by atomic mass is 9.87. The van der Waals surface area contributed by atoms with Gasteiger partial charge in [0.25, 0.3) is 11.5 Å². The summed E-state index contributed by atoms with van der Waals surface area (Å²) in [7, 11) is 0. The molecule has 0 aliphatic rings. The van der Waals surface area contributed by atoms with Gasteiger partial charge in [0.2, 0.25) is 5.95 Å². The lowest BCUT2D eigenvalue weighted by Crippen LogP contribution is -2.45. The van der Waals surface area contributed by atoms with Gasteiger partial charge in [0.1, 0.15) is 22.8 Å². The number of carbonyl (C=O) groups excluding carboxylic acids is 3. The highest BCUT2D eigenvalue weighted by molar-refractivity contribution is 5.97. The summed E-state index contributed by atoms with van der Waals surface area (Å²) in [5.41, 5.74) is 4.10. The highest BCUT2D eigenvalue weighted by atomic mass is 16.6. The first-order valence-corrected chi connectivity index (χ1v) is 18.4. The standard InChI is InChI=1S/C23H27N7O5.C17H34O4/c1-23(2,3)16(31)9-8-15(21(34)35)28-19(32)12-4-6-13(7-5-12)25-10-14-11-26-18-17(27-14)20(33)30-22(24)29-18;1-14(2,3)19-11-17(10,12-20-15(4,5)6)13(18)21-16(7,8)9/h4-7,11,15,25H,8-10H2,1-3H3,(H,28,32)(H,34,35)(H3,24,26,29,30,33);11-12H2,1-10H3. The van der Waals surface area contributed by atoms with Crippen LogP contribution < -0.4 is 21.9 Å². The first kappa shape index (κ1) is 47.2. The third-order valence-corrected chi connectivity index (χ3v) is 7.75. The van der Waals surface area contributed by atoms with E-state index in [9.17, 15) is 29.1 Å². The Bertz CT molecular complexity index is 1860. The number of ketones is 1. The van der Waals surface area contributed by atoms with E-state index in [0.29, 0.717) is 11.4 Å². The maximum atomic E-state index is 12.5. The molecule has 2 heterocycles. The van der Waals surface area contributed by atoms with Crippen LogP contribution in [0.25, 0.3) is 11.2 Å². The van der Waals surface area contributed by atoms with Crippen LogP contribution in [0.4, 0.5) is 11.6 Å². The van der Waals surface area contributed by atoms with Crippen molar-refractivity contribution in [2.24, 2.45) is 10.8 Å². The molecule has 56 heavy (non-hydrogen) atoms. The molecule has 310 valence electrons. The van der Waals surface area contributed by atoms with Gasteiger partial charge in [-0.2, -0.15) is 4.98 Å². The van der Waals surface area contributed by atoms with Crippen LogP contribution in [0.5, 0.6) is 0 Å². The average Bonchev–Trinajstić information content (AvgIpc) is 3.05. The molecule has 6 N–H and O–H groups in total. The fraction of sp³-hybridized carbons (Fsp3) is 0.600. The molecule has 1 atom stereocenters. The molecule has 0 bridgehead atoms. The van der Waals surface area contributed by atoms with Crippen molar-refractivity contribution in [1.82, 2.24) is 25.3 Å². The lowest BCUT2D eigenvalue weighted by molar-refractivity contribution is -0.182. The van der Waals surface area contributed by atoms with Gasteiger partial charge in [0.05, 0.1) is 42.9 Å². The molecule has 16 heteroatoms. The molecule has 1 unspecified atom stereocenters. The van der Waals surface area contributed by atoms with E-state index in [2.05, 4.69) is 30.6 Å². The number of aromatic amines is 1. The second-order valence-electron chi connectivity index (χ2n) is 17.9. The van der Waals surface area contributed by atoms with E-state index in [4.69, 9.17) is 19.9 Å². The maximum Gasteiger partial charge on any atom is 0.326 e. The van der Waals surface area contributed by atoms with Gasteiger partial charge in [0.15, 0.2) is 11.2 Å². The Balaban J connectivity index is 0.000000443. The highest BCUT2D eigenvalue weighted by Crippen LogP contribution is 2.27. The number of carbonyl (C=O) groups is 4. The number of hydrogen-bond acceptors (Lipinski definition) is 13. The second-order valence-corrected chi connectivity index (χ2v) is 17.9. The summed E-state index contributed by atoms with van der Waals surface area (Å²) in [6.07, 6.45) is 1.53. The first-order chi connectivity index (χ1) is 25.5. The number of nitrogens with two attached hydrogens (primary N) is 1. The summed E-state index contributed by atoms with van der Waals surface area (Å²) in [6, 6.07) is 5.21. The number of fused-ring (bicyclic) bond motifs is 1. The van der Waals surface area contributed by atoms with Gasteiger partial charge in [-0.1, -0.05) is 20.8 Å². The van der Waals surface area contributed by atoms with Crippen LogP contribution in [-0.2, 0) is 35.1 Å². The van der Waals surface area contributed by atoms with Gasteiger partial charge < -0.3 is 35.7 Å². The smallest absolute Gasteiger partial charge is 0.326 e. The van der Waals surface area contributed by atoms with E-state index in [1.54, 1.807) is 45.0 Å². The molecule has 0 saturated carbocycles. The zero-order valence-corrected chi connectivity index (χ0v) is 35.1. The summed E-state index contributed by atoms with van der Waals surface area (Å²) < 4.78 is 17.2. The largest absolute Gasteiger partial charge is 0.480 e. The van der Waals surface area contributed by atoms with Gasteiger partial charge in [-0.15, -0.1) is 0 Å². The minimum atomic E-state index is -1.20. The molecule has 0 spiro atoms. The molecule has 1 aromatic carbocycles. The molecule has 0 fully saturated rings. The molecule has 3 rings (SSSR count). The topological polar surface area (TPSA) is 238 Å². The van der Waals surface area contributed by atoms with Crippen molar-refractivity contribution >= 4 is 46.4 Å². The number of carboxylic acids is 1. The molecular weight excluding hydrogens is 722 g/mol. The van der Waals surface area contributed by atoms with E-state index in [-0.39, 0.29) is 78.2 Å². The monoisotopic (exact) mass is 783 g/mol. The fourth-order valence-electron chi connectivity index (χ4n) is 4.45. The molecule has 0 aliphatic heterocycles. The zero-order chi connectivity index (χ0) is 42.9. The number of hydrogen-bond donors (Lipinski definition) is 5. The van der Waals surface area contributed by atoms with E-state index >= 15 is 0 Å². The summed E-state index contributed by atoms with van der Waals surface area (Å²) in [5, 5.41) is 15.0. The van der Waals surface area contributed by atoms with Gasteiger partial charge in [0, 0.05) is 23.1 Å². The Hall–Kier alpha value is -4.96. The van der Waals surface area contributed by atoms with E-state index < -0.39 is 39.9 Å². The quantitative estimate of drug-likeness (QED) is 0.128. The van der Waals surface area contributed by atoms with Crippen LogP contribution >= 0.6 is 0 Å². The van der Waals surface area contributed by atoms with Crippen LogP contribution in [0.3, 0.4) is 0 Å². The van der Waals surface area contributed by atoms with E-state index in [1.165, 1.54) is 6.20 Å². The predicted molar refractivity (Wildman–Crippen MR) is 214 cm³/mol. The predicted octanol–water partition coefficient (Wildman–Crippen LogP) is 5.45. The summed E-state index contributed by atoms with van der Waals surface area (Å²) >= 11 is 0. The van der Waals surface area contributed by atoms with Gasteiger partial charge in [-0.3, -0.25) is 24.2 Å². The minimum absolute atomic E-state index is 0.00849. The Morgan fingerprint density at radius 3 is 1.88 bits per heavy atom. The molecule has 2 aromatic heterocycles. The number of nitrogen functional groups attached to an aromatic ring is 1. The number of aliphatic carboxylic acids is 1. The van der Waals surface area contributed by atoms with Crippen molar-refractivity contribution in [3.8, 4) is 0 Å². The van der Waals surface area contributed by atoms with Crippen LogP contribution in [-0.4, -0.2) is 84.7 Å². The summed E-state index contributed by atoms with van der Waals surface area (Å²) in [4.78, 5) is 75.3. The Morgan fingerprint density at radius 2 is 1.39 bits per heavy atom. The zero-order valence-electron chi connectivity index (χ0n) is 35.1. The molecule has 0 saturated heterocycles. The number of H-pyrrole nitrogens is 1. The van der Waals surface area contributed by atoms with Crippen LogP contribution in [0.1, 0.15) is 119 Å². The van der Waals surface area contributed by atoms with E-state index in [0.717, 1.165) is 0 Å². The van der Waals surface area contributed by atoms with Crippen molar-refractivity contribution in [2.45, 2.75) is 132 Å². The van der Waals surface area contributed by atoms with Gasteiger partial charge in [-0.25, -0.2) is 14.8 Å². The van der Waals surface area contributed by atoms with Gasteiger partial charge in [-0.05, 0) is 99.9 Å². The number of amides is 1. The summed E-state index contributed by atoms with van der Waals surface area (Å²) in [6.45, 7) is 25.3. The fourth-order valence-corrected chi connectivity index (χ4v) is 4.45. The van der Waals surface area contributed by atoms with Crippen molar-refractivity contribution in [3.05, 3.63) is 52.1 Å². The second kappa shape index (κ2) is 18.8. The maximum absolute atomic E-state index is 12.5. The number of nitrogens with one attached hydrogen (secondary N) is 3. The lowest BCUT2D eigenvalue weighted by Gasteiger charge is -2.35. The van der Waals surface area contributed by atoms with Crippen molar-refractivity contribution in [2.75, 3.05) is 24.3 Å². The normalized spacial score (nSPS) is 12.9. The first-order valence-electron chi connectivity index (χ1n) is 18.4. The minimum Gasteiger partial charge on any atom is -0.480 e. The highest BCUT2D eigenvalue weighted by Gasteiger charge is 2.40. The number of rotatable bonds is 14. The van der Waals surface area contributed by atoms with Crippen LogP contribution in [0.2, 0.25) is 0 Å². The Morgan fingerprint density at radius 1 is 0.839 bits per heavy atom. The van der Waals surface area contributed by atoms with Crippen molar-refractivity contribution < 1.29 is 38.5 Å². The molecule has 0 aliphatic carbocycles. The molecule has 3 aromatic rings. The molecule has 16 nitrogen and oxygen atoms in total. The summed E-state index contributed by atoms with van der Waals surface area (Å²) in [5.74, 6) is -2.16. The molecule has 0 radical (unpaired) electrons. The number of aromatic nitrogens is 4. The molecule has 1 amide bonds. The van der Waals surface area contributed by atoms with Crippen LogP contribution in [0, 0.1) is 10.8 Å². The molecular formula is C40H61N7O9. The Kier molecular flexibility index (Phi) is 15.8. The number of Topliss-reactive ketones (excluding diaryl/α,β-unsaturated/α-hetero) is 1. The number of ether oxygens (including phenoxy) is 3. The van der Waals surface area contributed by atoms with E-state index in [1.807, 2.05) is 69.2 Å². The average molecular weight is 784 g/mol. The number of nitrogens with zero attached hydrogens (tertiary/aromatic N) is 3. The van der Waals surface area contributed by atoms with Crippen molar-refractivity contribution in [1.29, 1.82) is 0 Å². The number of benzene rings is 1. The Labute approximate surface area is 329 Å². The van der Waals surface area contributed by atoms with Crippen molar-refractivity contribution in [3.63, 3.8) is 0 Å². The third kappa shape index (κ3) is 16.4. The SMILES string of the molecule is CC(C)(C)C(=O)CCC(NC(=O)c1ccc(NCc2cnc3nc(N)[nH]c(=O)c3n2)cc1)C(=O)O.CC(C)(C)OCC(C)(COC(C)(C)C)C(=O)OC(C)(C)C. The number of esters is 1. The third-order valence-electron chi connectivity index (χ3n) is 7.75. The number of anilines is 2.